The van der Waals surface area contributed by atoms with Crippen LogP contribution in [0.3, 0.4) is 0 Å². The van der Waals surface area contributed by atoms with E-state index >= 15 is 0 Å². The largest absolute Gasteiger partial charge is 0.399 e. The van der Waals surface area contributed by atoms with Gasteiger partial charge in [0.2, 0.25) is 5.91 Å². The first-order valence-corrected chi connectivity index (χ1v) is 7.40. The molecule has 5 heteroatoms. The van der Waals surface area contributed by atoms with Crippen molar-refractivity contribution < 1.29 is 9.59 Å². The van der Waals surface area contributed by atoms with Gasteiger partial charge in [0.25, 0.3) is 5.91 Å². The van der Waals surface area contributed by atoms with Crippen molar-refractivity contribution in [2.75, 3.05) is 12.3 Å². The van der Waals surface area contributed by atoms with Crippen LogP contribution in [0.4, 0.5) is 5.69 Å². The third-order valence-electron chi connectivity index (χ3n) is 4.39. The Morgan fingerprint density at radius 3 is 2.43 bits per heavy atom. The molecule has 0 saturated heterocycles. The number of hydrogen-bond acceptors (Lipinski definition) is 3. The molecule has 1 fully saturated rings. The molecule has 2 amide bonds. The zero-order chi connectivity index (χ0) is 15.4. The molecule has 1 saturated carbocycles. The summed E-state index contributed by atoms with van der Waals surface area (Å²) in [6.07, 6.45) is 2.16. The number of anilines is 1. The zero-order valence-electron chi connectivity index (χ0n) is 12.6. The van der Waals surface area contributed by atoms with Gasteiger partial charge < -0.3 is 16.4 Å². The van der Waals surface area contributed by atoms with Gasteiger partial charge in [0.15, 0.2) is 0 Å². The number of hydrogen-bond donors (Lipinski definition) is 3. The number of nitrogens with one attached hydrogen (secondary N) is 2. The number of nitrogen functional groups attached to an aromatic ring is 1. The fourth-order valence-electron chi connectivity index (χ4n) is 2.72. The molecule has 0 bridgehead atoms. The molecule has 3 atom stereocenters. The van der Waals surface area contributed by atoms with Crippen molar-refractivity contribution >= 4 is 17.5 Å². The molecular formula is C16H23N3O2. The van der Waals surface area contributed by atoms with E-state index in [2.05, 4.69) is 24.5 Å². The molecule has 21 heavy (non-hydrogen) atoms. The minimum absolute atomic E-state index is 0.000804. The van der Waals surface area contributed by atoms with Crippen LogP contribution in [-0.4, -0.2) is 24.4 Å². The molecule has 1 aromatic rings. The first-order valence-electron chi connectivity index (χ1n) is 7.40. The minimum atomic E-state index is -0.266. The van der Waals surface area contributed by atoms with Crippen molar-refractivity contribution in [2.45, 2.75) is 32.7 Å². The number of nitrogens with two attached hydrogens (primary N) is 1. The second-order valence-electron chi connectivity index (χ2n) is 5.89. The van der Waals surface area contributed by atoms with Crippen molar-refractivity contribution in [3.8, 4) is 0 Å². The molecule has 114 valence electrons. The number of benzene rings is 1. The minimum Gasteiger partial charge on any atom is -0.399 e. The summed E-state index contributed by atoms with van der Waals surface area (Å²) in [6.45, 7) is 4.37. The summed E-state index contributed by atoms with van der Waals surface area (Å²) in [4.78, 5) is 23.8. The highest BCUT2D eigenvalue weighted by Crippen LogP contribution is 2.30. The Hall–Kier alpha value is -2.04. The predicted molar refractivity (Wildman–Crippen MR) is 82.7 cm³/mol. The first-order chi connectivity index (χ1) is 9.97. The Bertz CT molecular complexity index is 513. The van der Waals surface area contributed by atoms with Crippen LogP contribution in [0.25, 0.3) is 0 Å². The lowest BCUT2D eigenvalue weighted by Crippen LogP contribution is -2.43. The van der Waals surface area contributed by atoms with Crippen molar-refractivity contribution in [3.05, 3.63) is 29.8 Å². The molecule has 5 nitrogen and oxygen atoms in total. The topological polar surface area (TPSA) is 84.2 Å². The van der Waals surface area contributed by atoms with Gasteiger partial charge in [-0.1, -0.05) is 13.8 Å². The molecule has 1 aromatic carbocycles. The van der Waals surface area contributed by atoms with Crippen LogP contribution in [0.2, 0.25) is 0 Å². The van der Waals surface area contributed by atoms with Crippen LogP contribution in [0.5, 0.6) is 0 Å². The van der Waals surface area contributed by atoms with Gasteiger partial charge in [0, 0.05) is 17.3 Å². The van der Waals surface area contributed by atoms with Crippen LogP contribution < -0.4 is 16.4 Å². The Labute approximate surface area is 125 Å². The van der Waals surface area contributed by atoms with Crippen LogP contribution in [-0.2, 0) is 4.79 Å². The highest BCUT2D eigenvalue weighted by atomic mass is 16.2. The lowest BCUT2D eigenvalue weighted by molar-refractivity contribution is -0.121. The van der Waals surface area contributed by atoms with Crippen LogP contribution in [0.15, 0.2) is 24.3 Å². The van der Waals surface area contributed by atoms with E-state index in [1.54, 1.807) is 24.3 Å². The van der Waals surface area contributed by atoms with Crippen LogP contribution in [0.1, 0.15) is 37.0 Å². The summed E-state index contributed by atoms with van der Waals surface area (Å²) >= 11 is 0. The van der Waals surface area contributed by atoms with E-state index < -0.39 is 0 Å². The standard InChI is InChI=1S/C16H23N3O2/c1-10-3-8-14(11(10)2)19-15(20)9-18-16(21)12-4-6-13(17)7-5-12/h4-7,10-11,14H,3,8-9,17H2,1-2H3,(H,18,21)(H,19,20). The Kier molecular flexibility index (Phi) is 4.83. The fourth-order valence-corrected chi connectivity index (χ4v) is 2.72. The molecule has 1 aliphatic carbocycles. The lowest BCUT2D eigenvalue weighted by Gasteiger charge is -2.19. The Morgan fingerprint density at radius 2 is 1.86 bits per heavy atom. The van der Waals surface area contributed by atoms with Gasteiger partial charge in [-0.05, 0) is 48.9 Å². The summed E-state index contributed by atoms with van der Waals surface area (Å²) < 4.78 is 0. The molecule has 4 N–H and O–H groups in total. The number of rotatable bonds is 4. The average Bonchev–Trinajstić information content (AvgIpc) is 2.77. The predicted octanol–water partition coefficient (Wildman–Crippen LogP) is 1.55. The van der Waals surface area contributed by atoms with E-state index in [0.29, 0.717) is 23.1 Å². The van der Waals surface area contributed by atoms with Crippen LogP contribution in [0, 0.1) is 11.8 Å². The maximum Gasteiger partial charge on any atom is 0.251 e. The molecule has 0 spiro atoms. The van der Waals surface area contributed by atoms with Gasteiger partial charge in [-0.2, -0.15) is 0 Å². The Balaban J connectivity index is 1.78. The van der Waals surface area contributed by atoms with Gasteiger partial charge in [0.1, 0.15) is 0 Å². The quantitative estimate of drug-likeness (QED) is 0.735. The third-order valence-corrected chi connectivity index (χ3v) is 4.39. The lowest BCUT2D eigenvalue weighted by atomic mass is 9.98. The maximum atomic E-state index is 11.9. The summed E-state index contributed by atoms with van der Waals surface area (Å²) in [5, 5.41) is 5.63. The van der Waals surface area contributed by atoms with Gasteiger partial charge >= 0.3 is 0 Å². The van der Waals surface area contributed by atoms with E-state index in [9.17, 15) is 9.59 Å². The van der Waals surface area contributed by atoms with Gasteiger partial charge in [-0.15, -0.1) is 0 Å². The normalized spacial score (nSPS) is 24.6. The number of amides is 2. The smallest absolute Gasteiger partial charge is 0.251 e. The highest BCUT2D eigenvalue weighted by molar-refractivity contribution is 5.96. The molecule has 2 rings (SSSR count). The van der Waals surface area contributed by atoms with Crippen molar-refractivity contribution in [1.82, 2.24) is 10.6 Å². The summed E-state index contributed by atoms with van der Waals surface area (Å²) in [5.74, 6) is 0.726. The summed E-state index contributed by atoms with van der Waals surface area (Å²) in [7, 11) is 0. The first kappa shape index (κ1) is 15.4. The van der Waals surface area contributed by atoms with Crippen molar-refractivity contribution in [3.63, 3.8) is 0 Å². The SMILES string of the molecule is CC1CCC(NC(=O)CNC(=O)c2ccc(N)cc2)C1C. The second kappa shape index (κ2) is 6.61. The highest BCUT2D eigenvalue weighted by Gasteiger charge is 2.30. The molecule has 0 aromatic heterocycles. The Morgan fingerprint density at radius 1 is 1.19 bits per heavy atom. The van der Waals surface area contributed by atoms with E-state index in [1.807, 2.05) is 0 Å². The molecule has 3 unspecified atom stereocenters. The number of carbonyl (C=O) groups is 2. The van der Waals surface area contributed by atoms with Crippen molar-refractivity contribution in [1.29, 1.82) is 0 Å². The number of carbonyl (C=O) groups excluding carboxylic acids is 2. The van der Waals surface area contributed by atoms with Gasteiger partial charge in [-0.3, -0.25) is 9.59 Å². The fraction of sp³-hybridized carbons (Fsp3) is 0.500. The summed E-state index contributed by atoms with van der Waals surface area (Å²) in [5.41, 5.74) is 6.67. The molecular weight excluding hydrogens is 266 g/mol. The second-order valence-corrected chi connectivity index (χ2v) is 5.89. The van der Waals surface area contributed by atoms with E-state index in [0.717, 1.165) is 12.8 Å². The van der Waals surface area contributed by atoms with Gasteiger partial charge in [-0.25, -0.2) is 0 Å². The average molecular weight is 289 g/mol. The van der Waals surface area contributed by atoms with Crippen LogP contribution >= 0.6 is 0 Å². The van der Waals surface area contributed by atoms with E-state index in [4.69, 9.17) is 5.73 Å². The molecule has 1 aliphatic rings. The van der Waals surface area contributed by atoms with Crippen molar-refractivity contribution in [2.24, 2.45) is 11.8 Å². The zero-order valence-corrected chi connectivity index (χ0v) is 12.6. The molecule has 0 heterocycles. The molecule has 0 aliphatic heterocycles. The maximum absolute atomic E-state index is 11.9. The molecule has 0 radical (unpaired) electrons. The summed E-state index contributed by atoms with van der Waals surface area (Å²) in [6, 6.07) is 6.83. The van der Waals surface area contributed by atoms with Gasteiger partial charge in [0.05, 0.1) is 6.54 Å². The van der Waals surface area contributed by atoms with E-state index in [1.165, 1.54) is 0 Å². The van der Waals surface area contributed by atoms with E-state index in [-0.39, 0.29) is 24.4 Å². The third kappa shape index (κ3) is 3.97. The monoisotopic (exact) mass is 289 g/mol.